The van der Waals surface area contributed by atoms with Crippen LogP contribution in [0.5, 0.6) is 0 Å². The number of nitrogens with two attached hydrogens (primary N) is 1. The number of hydrogen-bond donors (Lipinski definition) is 4. The van der Waals surface area contributed by atoms with Gasteiger partial charge < -0.3 is 25.8 Å². The largest absolute Gasteiger partial charge is 0.394 e. The molecule has 1 aliphatic heterocycles. The molecule has 4 atom stereocenters. The van der Waals surface area contributed by atoms with E-state index in [9.17, 15) is 15.3 Å². The second-order valence-electron chi connectivity index (χ2n) is 5.12. The second-order valence-corrected chi connectivity index (χ2v) is 5.12. The monoisotopic (exact) mass is 307 g/mol. The van der Waals surface area contributed by atoms with E-state index in [0.29, 0.717) is 11.2 Å². The molecule has 0 amide bonds. The maximum absolute atomic E-state index is 10.8. The number of imidazole rings is 1. The Balaban J connectivity index is 2.14. The first kappa shape index (κ1) is 14.9. The summed E-state index contributed by atoms with van der Waals surface area (Å²) in [5.74, 6) is 0.204. The molecule has 0 unspecified atom stereocenters. The first-order valence-corrected chi connectivity index (χ1v) is 6.76. The van der Waals surface area contributed by atoms with Gasteiger partial charge in [-0.3, -0.25) is 4.57 Å². The van der Waals surface area contributed by atoms with Crippen molar-refractivity contribution in [2.75, 3.05) is 12.3 Å². The Morgan fingerprint density at radius 2 is 2.23 bits per heavy atom. The van der Waals surface area contributed by atoms with Gasteiger partial charge in [0.25, 0.3) is 0 Å². The number of hydrogen-bond acceptors (Lipinski definition) is 8. The van der Waals surface area contributed by atoms with Crippen LogP contribution in [0.1, 0.15) is 13.2 Å². The van der Waals surface area contributed by atoms with Crippen molar-refractivity contribution >= 4 is 17.0 Å². The van der Waals surface area contributed by atoms with Gasteiger partial charge in [0.1, 0.15) is 24.1 Å². The lowest BCUT2D eigenvalue weighted by Gasteiger charge is -2.28. The SMILES string of the molecule is C/C=C\[C@@]1(O)[C@H](O)[C@@H](CO)O[C@H]1n1cnc2c(N)ncnc21. The van der Waals surface area contributed by atoms with E-state index in [2.05, 4.69) is 15.0 Å². The minimum Gasteiger partial charge on any atom is -0.394 e. The van der Waals surface area contributed by atoms with Crippen LogP contribution in [0, 0.1) is 0 Å². The molecule has 9 heteroatoms. The summed E-state index contributed by atoms with van der Waals surface area (Å²) < 4.78 is 7.07. The third kappa shape index (κ3) is 1.98. The second kappa shape index (κ2) is 5.29. The van der Waals surface area contributed by atoms with E-state index < -0.39 is 30.6 Å². The van der Waals surface area contributed by atoms with E-state index in [1.54, 1.807) is 13.0 Å². The number of allylic oxidation sites excluding steroid dienone is 1. The highest BCUT2D eigenvalue weighted by Gasteiger charge is 2.54. The molecular weight excluding hydrogens is 290 g/mol. The highest BCUT2D eigenvalue weighted by Crippen LogP contribution is 2.40. The number of aliphatic hydroxyl groups excluding tert-OH is 2. The lowest BCUT2D eigenvalue weighted by molar-refractivity contribution is -0.0773. The zero-order valence-electron chi connectivity index (χ0n) is 11.9. The molecule has 1 fully saturated rings. The summed E-state index contributed by atoms with van der Waals surface area (Å²) in [7, 11) is 0. The molecule has 118 valence electrons. The van der Waals surface area contributed by atoms with Crippen molar-refractivity contribution in [2.45, 2.75) is 31.0 Å². The molecule has 2 aromatic heterocycles. The number of rotatable bonds is 3. The van der Waals surface area contributed by atoms with Crippen molar-refractivity contribution < 1.29 is 20.1 Å². The van der Waals surface area contributed by atoms with Crippen LogP contribution < -0.4 is 5.73 Å². The predicted molar refractivity (Wildman–Crippen MR) is 76.5 cm³/mol. The highest BCUT2D eigenvalue weighted by atomic mass is 16.6. The molecule has 0 radical (unpaired) electrons. The predicted octanol–water partition coefficient (Wildman–Crippen LogP) is -1.03. The lowest BCUT2D eigenvalue weighted by Crippen LogP contribution is -2.45. The number of ether oxygens (including phenoxy) is 1. The quantitative estimate of drug-likeness (QED) is 0.528. The van der Waals surface area contributed by atoms with Crippen LogP contribution in [0.15, 0.2) is 24.8 Å². The maximum atomic E-state index is 10.8. The van der Waals surface area contributed by atoms with Gasteiger partial charge in [-0.15, -0.1) is 0 Å². The molecular formula is C13H17N5O4. The molecule has 0 bridgehead atoms. The van der Waals surface area contributed by atoms with Crippen LogP contribution in [-0.4, -0.2) is 59.3 Å². The average molecular weight is 307 g/mol. The summed E-state index contributed by atoms with van der Waals surface area (Å²) >= 11 is 0. The fourth-order valence-corrected chi connectivity index (χ4v) is 2.71. The summed E-state index contributed by atoms with van der Waals surface area (Å²) in [6, 6.07) is 0. The van der Waals surface area contributed by atoms with Crippen molar-refractivity contribution in [3.05, 3.63) is 24.8 Å². The Labute approximate surface area is 125 Å². The standard InChI is InChI=1S/C13H17N5O4/c1-2-3-13(21)9(20)7(4-19)22-12(13)18-6-17-8-10(14)15-5-16-11(8)18/h2-3,5-7,9,12,19-21H,4H2,1H3,(H2,14,15,16)/b3-2-/t7-,9-,12-,13-/m1/s1. The summed E-state index contributed by atoms with van der Waals surface area (Å²) in [6.07, 6.45) is 2.48. The van der Waals surface area contributed by atoms with Crippen molar-refractivity contribution in [3.8, 4) is 0 Å². The van der Waals surface area contributed by atoms with Crippen molar-refractivity contribution in [1.82, 2.24) is 19.5 Å². The summed E-state index contributed by atoms with van der Waals surface area (Å²) in [4.78, 5) is 12.1. The van der Waals surface area contributed by atoms with Gasteiger partial charge in [0, 0.05) is 0 Å². The number of nitrogens with zero attached hydrogens (tertiary/aromatic N) is 4. The van der Waals surface area contributed by atoms with Gasteiger partial charge in [-0.05, 0) is 6.92 Å². The lowest BCUT2D eigenvalue weighted by atomic mass is 9.93. The van der Waals surface area contributed by atoms with Gasteiger partial charge in [-0.25, -0.2) is 15.0 Å². The van der Waals surface area contributed by atoms with E-state index >= 15 is 0 Å². The third-order valence-electron chi connectivity index (χ3n) is 3.78. The first-order valence-electron chi connectivity index (χ1n) is 6.76. The highest BCUT2D eigenvalue weighted by molar-refractivity contribution is 5.81. The third-order valence-corrected chi connectivity index (χ3v) is 3.78. The van der Waals surface area contributed by atoms with E-state index in [0.717, 1.165) is 0 Å². The van der Waals surface area contributed by atoms with Crippen LogP contribution in [0.2, 0.25) is 0 Å². The molecule has 9 nitrogen and oxygen atoms in total. The van der Waals surface area contributed by atoms with Crippen LogP contribution in [0.25, 0.3) is 11.2 Å². The molecule has 3 heterocycles. The number of anilines is 1. The van der Waals surface area contributed by atoms with E-state index in [4.69, 9.17) is 10.5 Å². The molecule has 0 saturated carbocycles. The van der Waals surface area contributed by atoms with Crippen molar-refractivity contribution in [3.63, 3.8) is 0 Å². The van der Waals surface area contributed by atoms with E-state index in [1.165, 1.54) is 23.3 Å². The summed E-state index contributed by atoms with van der Waals surface area (Å²) in [6.45, 7) is 1.28. The van der Waals surface area contributed by atoms with E-state index in [1.807, 2.05) is 0 Å². The Bertz CT molecular complexity index is 718. The molecule has 0 aliphatic carbocycles. The van der Waals surface area contributed by atoms with E-state index in [-0.39, 0.29) is 5.82 Å². The molecule has 0 spiro atoms. The molecule has 1 aliphatic rings. The number of fused-ring (bicyclic) bond motifs is 1. The van der Waals surface area contributed by atoms with Crippen LogP contribution in [0.3, 0.4) is 0 Å². The Morgan fingerprint density at radius 1 is 1.45 bits per heavy atom. The topological polar surface area (TPSA) is 140 Å². The van der Waals surface area contributed by atoms with Gasteiger partial charge in [0.05, 0.1) is 12.9 Å². The van der Waals surface area contributed by atoms with Gasteiger partial charge in [-0.2, -0.15) is 0 Å². The van der Waals surface area contributed by atoms with Crippen molar-refractivity contribution in [2.24, 2.45) is 0 Å². The van der Waals surface area contributed by atoms with Gasteiger partial charge in [-0.1, -0.05) is 12.2 Å². The smallest absolute Gasteiger partial charge is 0.172 e. The Morgan fingerprint density at radius 3 is 2.91 bits per heavy atom. The number of aliphatic hydroxyl groups is 3. The minimum absolute atomic E-state index is 0.204. The maximum Gasteiger partial charge on any atom is 0.172 e. The molecule has 22 heavy (non-hydrogen) atoms. The fraction of sp³-hybridized carbons (Fsp3) is 0.462. The molecule has 0 aromatic carbocycles. The van der Waals surface area contributed by atoms with Crippen LogP contribution >= 0.6 is 0 Å². The Kier molecular flexibility index (Phi) is 3.57. The van der Waals surface area contributed by atoms with Crippen LogP contribution in [0.4, 0.5) is 5.82 Å². The van der Waals surface area contributed by atoms with Crippen molar-refractivity contribution in [1.29, 1.82) is 0 Å². The molecule has 1 saturated heterocycles. The Hall–Kier alpha value is -2.07. The normalized spacial score (nSPS) is 32.3. The van der Waals surface area contributed by atoms with Gasteiger partial charge >= 0.3 is 0 Å². The first-order chi connectivity index (χ1) is 10.5. The summed E-state index contributed by atoms with van der Waals surface area (Å²) in [5, 5.41) is 30.4. The molecule has 2 aromatic rings. The summed E-state index contributed by atoms with van der Waals surface area (Å²) in [5.41, 5.74) is 4.75. The zero-order chi connectivity index (χ0) is 15.9. The van der Waals surface area contributed by atoms with Gasteiger partial charge in [0.15, 0.2) is 23.3 Å². The fourth-order valence-electron chi connectivity index (χ4n) is 2.71. The average Bonchev–Trinajstić information content (AvgIpc) is 3.02. The number of aromatic nitrogens is 4. The minimum atomic E-state index is -1.73. The van der Waals surface area contributed by atoms with Gasteiger partial charge in [0.2, 0.25) is 0 Å². The molecule has 3 rings (SSSR count). The molecule has 5 N–H and O–H groups in total. The van der Waals surface area contributed by atoms with Crippen LogP contribution in [-0.2, 0) is 4.74 Å². The zero-order valence-corrected chi connectivity index (χ0v) is 11.9. The number of nitrogen functional groups attached to an aromatic ring is 1.